The zero-order valence-corrected chi connectivity index (χ0v) is 16.0. The molecule has 0 aliphatic rings. The number of nitro groups is 1. The van der Waals surface area contributed by atoms with Crippen LogP contribution in [0.5, 0.6) is 0 Å². The maximum absolute atomic E-state index is 13.0. The number of Topliss-reactive ketones (excluding diaryl/α,β-unsaturated/α-hetero) is 1. The van der Waals surface area contributed by atoms with Crippen LogP contribution in [0.15, 0.2) is 83.3 Å². The molecule has 0 N–H and O–H groups in total. The van der Waals surface area contributed by atoms with Crippen LogP contribution in [0.4, 0.5) is 5.69 Å². The molecule has 0 aromatic heterocycles. The molecule has 3 rings (SSSR count). The van der Waals surface area contributed by atoms with E-state index in [9.17, 15) is 19.7 Å². The first-order valence-electron chi connectivity index (χ1n) is 8.26. The molecule has 0 saturated carbocycles. The van der Waals surface area contributed by atoms with Gasteiger partial charge in [0.1, 0.15) is 0 Å². The zero-order valence-electron chi connectivity index (χ0n) is 14.4. The van der Waals surface area contributed by atoms with Crippen LogP contribution in [0.2, 0.25) is 0 Å². The van der Waals surface area contributed by atoms with Gasteiger partial charge in [-0.25, -0.2) is 4.79 Å². The van der Waals surface area contributed by atoms with Crippen molar-refractivity contribution in [3.63, 3.8) is 0 Å². The molecule has 0 heterocycles. The lowest BCUT2D eigenvalue weighted by molar-refractivity contribution is -0.384. The van der Waals surface area contributed by atoms with E-state index in [0.717, 1.165) is 4.47 Å². The number of hydrogen-bond acceptors (Lipinski definition) is 5. The number of rotatable bonds is 6. The largest absolute Gasteiger partial charge is 0.445 e. The van der Waals surface area contributed by atoms with Crippen LogP contribution >= 0.6 is 15.9 Å². The molecule has 28 heavy (non-hydrogen) atoms. The molecule has 3 aromatic carbocycles. The minimum absolute atomic E-state index is 0.117. The third kappa shape index (κ3) is 4.50. The molecule has 6 nitrogen and oxygen atoms in total. The molecule has 0 saturated heterocycles. The van der Waals surface area contributed by atoms with Crippen LogP contribution in [0, 0.1) is 10.1 Å². The molecule has 0 amide bonds. The van der Waals surface area contributed by atoms with Crippen molar-refractivity contribution in [2.45, 2.75) is 6.10 Å². The van der Waals surface area contributed by atoms with Gasteiger partial charge in [0.15, 0.2) is 6.10 Å². The van der Waals surface area contributed by atoms with Crippen LogP contribution in [0.3, 0.4) is 0 Å². The molecule has 0 aliphatic carbocycles. The number of non-ortho nitro benzene ring substituents is 1. The number of halogens is 1. The molecule has 1 atom stereocenters. The van der Waals surface area contributed by atoms with Gasteiger partial charge in [0.05, 0.1) is 10.5 Å². The fourth-order valence-corrected chi connectivity index (χ4v) is 2.82. The van der Waals surface area contributed by atoms with Crippen LogP contribution in [0.25, 0.3) is 0 Å². The summed E-state index contributed by atoms with van der Waals surface area (Å²) < 4.78 is 6.31. The van der Waals surface area contributed by atoms with E-state index in [2.05, 4.69) is 15.9 Å². The summed E-state index contributed by atoms with van der Waals surface area (Å²) in [5, 5.41) is 10.9. The molecule has 0 radical (unpaired) electrons. The number of benzene rings is 3. The number of hydrogen-bond donors (Lipinski definition) is 0. The Labute approximate surface area is 169 Å². The quantitative estimate of drug-likeness (QED) is 0.229. The maximum Gasteiger partial charge on any atom is 0.339 e. The Morgan fingerprint density at radius 2 is 1.46 bits per heavy atom. The third-order valence-corrected chi connectivity index (χ3v) is 4.54. The molecule has 3 aromatic rings. The molecule has 0 aliphatic heterocycles. The second-order valence-electron chi connectivity index (χ2n) is 5.87. The Morgan fingerprint density at radius 1 is 0.857 bits per heavy atom. The fourth-order valence-electron chi connectivity index (χ4n) is 2.56. The predicted molar refractivity (Wildman–Crippen MR) is 106 cm³/mol. The van der Waals surface area contributed by atoms with Gasteiger partial charge in [-0.2, -0.15) is 0 Å². The summed E-state index contributed by atoms with van der Waals surface area (Å²) >= 11 is 3.29. The van der Waals surface area contributed by atoms with Gasteiger partial charge in [-0.1, -0.05) is 46.3 Å². The van der Waals surface area contributed by atoms with E-state index in [-0.39, 0.29) is 11.3 Å². The molecule has 7 heteroatoms. The lowest BCUT2D eigenvalue weighted by Gasteiger charge is -2.17. The molecule has 0 unspecified atom stereocenters. The normalized spacial score (nSPS) is 11.5. The fraction of sp³-hybridized carbons (Fsp3) is 0.0476. The highest BCUT2D eigenvalue weighted by Gasteiger charge is 2.27. The van der Waals surface area contributed by atoms with Gasteiger partial charge in [-0.3, -0.25) is 14.9 Å². The molecular weight excluding hydrogens is 426 g/mol. The lowest BCUT2D eigenvalue weighted by Crippen LogP contribution is -2.20. The van der Waals surface area contributed by atoms with Crippen LogP contribution in [-0.4, -0.2) is 16.7 Å². The second kappa shape index (κ2) is 8.58. The number of carbonyl (C=O) groups is 2. The van der Waals surface area contributed by atoms with Crippen molar-refractivity contribution in [3.05, 3.63) is 110 Å². The first kappa shape index (κ1) is 19.4. The highest BCUT2D eigenvalue weighted by Crippen LogP contribution is 2.26. The lowest BCUT2D eigenvalue weighted by atomic mass is 9.99. The number of esters is 1. The first-order valence-corrected chi connectivity index (χ1v) is 9.05. The minimum atomic E-state index is -1.22. The Balaban J connectivity index is 1.94. The Morgan fingerprint density at radius 3 is 2.04 bits per heavy atom. The molecule has 0 bridgehead atoms. The van der Waals surface area contributed by atoms with E-state index in [0.29, 0.717) is 11.1 Å². The van der Waals surface area contributed by atoms with Crippen molar-refractivity contribution in [1.82, 2.24) is 0 Å². The summed E-state index contributed by atoms with van der Waals surface area (Å²) in [5.41, 5.74) is 0.893. The number of ketones is 1. The smallest absolute Gasteiger partial charge is 0.339 e. The molecular formula is C21H14BrNO5. The second-order valence-corrected chi connectivity index (χ2v) is 6.79. The van der Waals surface area contributed by atoms with Crippen molar-refractivity contribution in [1.29, 1.82) is 0 Å². The topological polar surface area (TPSA) is 86.5 Å². The average Bonchev–Trinajstić information content (AvgIpc) is 2.72. The van der Waals surface area contributed by atoms with E-state index in [1.807, 2.05) is 0 Å². The van der Waals surface area contributed by atoms with Gasteiger partial charge in [-0.15, -0.1) is 0 Å². The summed E-state index contributed by atoms with van der Waals surface area (Å²) in [6, 6.07) is 20.3. The number of ether oxygens (including phenoxy) is 1. The predicted octanol–water partition coefficient (Wildman–Crippen LogP) is 5.14. The highest BCUT2D eigenvalue weighted by atomic mass is 79.9. The SMILES string of the molecule is O=C(O[C@H](C(=O)c1ccccc1)c1ccc([N+](=O)[O-])cc1)c1ccc(Br)cc1. The van der Waals surface area contributed by atoms with Gasteiger partial charge in [0.2, 0.25) is 5.78 Å². The van der Waals surface area contributed by atoms with Crippen molar-refractivity contribution >= 4 is 33.4 Å². The monoisotopic (exact) mass is 439 g/mol. The zero-order chi connectivity index (χ0) is 20.1. The van der Waals surface area contributed by atoms with Gasteiger partial charge < -0.3 is 4.74 Å². The average molecular weight is 440 g/mol. The van der Waals surface area contributed by atoms with E-state index >= 15 is 0 Å². The van der Waals surface area contributed by atoms with E-state index in [4.69, 9.17) is 4.74 Å². The van der Waals surface area contributed by atoms with Gasteiger partial charge in [0.25, 0.3) is 5.69 Å². The van der Waals surface area contributed by atoms with Gasteiger partial charge >= 0.3 is 5.97 Å². The molecule has 0 fully saturated rings. The van der Waals surface area contributed by atoms with Crippen molar-refractivity contribution in [2.24, 2.45) is 0 Å². The van der Waals surface area contributed by atoms with Crippen LogP contribution < -0.4 is 0 Å². The number of nitrogens with zero attached hydrogens (tertiary/aromatic N) is 1. The Bertz CT molecular complexity index is 1000. The van der Waals surface area contributed by atoms with E-state index < -0.39 is 22.8 Å². The summed E-state index contributed by atoms with van der Waals surface area (Å²) in [4.78, 5) is 35.9. The van der Waals surface area contributed by atoms with E-state index in [1.165, 1.54) is 24.3 Å². The standard InChI is InChI=1S/C21H14BrNO5/c22-17-10-6-16(7-11-17)21(25)28-20(19(24)14-4-2-1-3-5-14)15-8-12-18(13-9-15)23(26)27/h1-13,20H/t20-/m0/s1. The minimum Gasteiger partial charge on any atom is -0.445 e. The summed E-state index contributed by atoms with van der Waals surface area (Å²) in [7, 11) is 0. The summed E-state index contributed by atoms with van der Waals surface area (Å²) in [6.07, 6.45) is -1.22. The van der Waals surface area contributed by atoms with Crippen molar-refractivity contribution in [2.75, 3.05) is 0 Å². The van der Waals surface area contributed by atoms with Crippen LogP contribution in [-0.2, 0) is 4.74 Å². The summed E-state index contributed by atoms with van der Waals surface area (Å²) in [6.45, 7) is 0. The Kier molecular flexibility index (Phi) is 5.96. The van der Waals surface area contributed by atoms with Crippen molar-refractivity contribution < 1.29 is 19.2 Å². The summed E-state index contributed by atoms with van der Waals surface area (Å²) in [5.74, 6) is -1.08. The van der Waals surface area contributed by atoms with E-state index in [1.54, 1.807) is 54.6 Å². The van der Waals surface area contributed by atoms with Crippen LogP contribution in [0.1, 0.15) is 32.4 Å². The molecule has 0 spiro atoms. The number of carbonyl (C=O) groups excluding carboxylic acids is 2. The van der Waals surface area contributed by atoms with Gasteiger partial charge in [-0.05, 0) is 36.4 Å². The Hall–Kier alpha value is -3.32. The number of nitro benzene ring substituents is 1. The molecule has 140 valence electrons. The van der Waals surface area contributed by atoms with Crippen molar-refractivity contribution in [3.8, 4) is 0 Å². The maximum atomic E-state index is 13.0. The van der Waals surface area contributed by atoms with Gasteiger partial charge in [0, 0.05) is 27.7 Å². The first-order chi connectivity index (χ1) is 13.5. The highest BCUT2D eigenvalue weighted by molar-refractivity contribution is 9.10. The third-order valence-electron chi connectivity index (χ3n) is 4.01.